The molecule has 2 aromatic heterocycles. The minimum absolute atomic E-state index is 0.0796. The predicted octanol–water partition coefficient (Wildman–Crippen LogP) is 0.418. The van der Waals surface area contributed by atoms with E-state index in [9.17, 15) is 13.2 Å². The first kappa shape index (κ1) is 13.0. The zero-order valence-corrected chi connectivity index (χ0v) is 11.6. The van der Waals surface area contributed by atoms with Gasteiger partial charge in [0.25, 0.3) is 0 Å². The molecule has 7 nitrogen and oxygen atoms in total. The van der Waals surface area contributed by atoms with Gasteiger partial charge in [-0.2, -0.15) is 0 Å². The van der Waals surface area contributed by atoms with Crippen molar-refractivity contribution in [1.82, 2.24) is 14.6 Å². The highest BCUT2D eigenvalue weighted by Gasteiger charge is 2.32. The van der Waals surface area contributed by atoms with Gasteiger partial charge >= 0.3 is 5.97 Å². The first-order valence-corrected chi connectivity index (χ1v) is 7.96. The zero-order valence-electron chi connectivity index (χ0n) is 10.8. The lowest BCUT2D eigenvalue weighted by Crippen LogP contribution is -2.09. The summed E-state index contributed by atoms with van der Waals surface area (Å²) in [6.45, 7) is 0. The number of fused-ring (bicyclic) bond motifs is 1. The van der Waals surface area contributed by atoms with Crippen LogP contribution in [0.3, 0.4) is 0 Å². The van der Waals surface area contributed by atoms with Crippen LogP contribution in [0.4, 0.5) is 0 Å². The van der Waals surface area contributed by atoms with Crippen LogP contribution in [0.2, 0.25) is 0 Å². The number of aromatic nitrogens is 3. The summed E-state index contributed by atoms with van der Waals surface area (Å²) in [5.74, 6) is 0.194. The van der Waals surface area contributed by atoms with Crippen molar-refractivity contribution in [2.45, 2.75) is 12.3 Å². The van der Waals surface area contributed by atoms with E-state index in [4.69, 9.17) is 0 Å². The van der Waals surface area contributed by atoms with Crippen LogP contribution in [0.25, 0.3) is 5.65 Å². The number of hydrogen-bond donors (Lipinski definition) is 0. The number of esters is 1. The summed E-state index contributed by atoms with van der Waals surface area (Å²) >= 11 is 0. The molecule has 3 heterocycles. The van der Waals surface area contributed by atoms with Crippen LogP contribution in [0.15, 0.2) is 18.3 Å². The van der Waals surface area contributed by atoms with E-state index in [2.05, 4.69) is 14.9 Å². The Morgan fingerprint density at radius 1 is 1.40 bits per heavy atom. The Morgan fingerprint density at radius 3 is 2.85 bits per heavy atom. The molecule has 20 heavy (non-hydrogen) atoms. The Kier molecular flexibility index (Phi) is 2.97. The second-order valence-electron chi connectivity index (χ2n) is 4.80. The minimum atomic E-state index is -2.99. The SMILES string of the molecule is COC(=O)c1ccc2nnc(C3CCS(=O)(=O)C3)n2c1. The number of rotatable bonds is 2. The van der Waals surface area contributed by atoms with Gasteiger partial charge in [0.15, 0.2) is 15.5 Å². The number of pyridine rings is 1. The molecule has 1 unspecified atom stereocenters. The molecule has 1 aliphatic heterocycles. The van der Waals surface area contributed by atoms with Crippen molar-refractivity contribution in [3.8, 4) is 0 Å². The molecule has 2 aromatic rings. The molecule has 0 N–H and O–H groups in total. The fourth-order valence-corrected chi connectivity index (χ4v) is 4.16. The molecule has 8 heteroatoms. The van der Waals surface area contributed by atoms with Gasteiger partial charge in [-0.1, -0.05) is 0 Å². The Balaban J connectivity index is 2.06. The van der Waals surface area contributed by atoms with Gasteiger partial charge in [-0.3, -0.25) is 4.40 Å². The van der Waals surface area contributed by atoms with Gasteiger partial charge in [0, 0.05) is 12.1 Å². The maximum absolute atomic E-state index is 11.6. The van der Waals surface area contributed by atoms with Gasteiger partial charge in [-0.15, -0.1) is 10.2 Å². The Labute approximate surface area is 115 Å². The molecular weight excluding hydrogens is 282 g/mol. The van der Waals surface area contributed by atoms with Gasteiger partial charge in [-0.25, -0.2) is 13.2 Å². The largest absolute Gasteiger partial charge is 0.465 e. The van der Waals surface area contributed by atoms with Crippen molar-refractivity contribution in [3.05, 3.63) is 29.7 Å². The molecule has 1 atom stereocenters. The monoisotopic (exact) mass is 295 g/mol. The van der Waals surface area contributed by atoms with E-state index >= 15 is 0 Å². The van der Waals surface area contributed by atoms with Crippen molar-refractivity contribution >= 4 is 21.5 Å². The third kappa shape index (κ3) is 2.15. The number of carbonyl (C=O) groups excluding carboxylic acids is 1. The Bertz CT molecular complexity index is 781. The van der Waals surface area contributed by atoms with Crippen LogP contribution >= 0.6 is 0 Å². The van der Waals surface area contributed by atoms with Crippen molar-refractivity contribution in [1.29, 1.82) is 0 Å². The number of carbonyl (C=O) groups is 1. The van der Waals surface area contributed by atoms with Crippen LogP contribution in [0, 0.1) is 0 Å². The van der Waals surface area contributed by atoms with Crippen LogP contribution < -0.4 is 0 Å². The number of sulfone groups is 1. The predicted molar refractivity (Wildman–Crippen MR) is 70.3 cm³/mol. The van der Waals surface area contributed by atoms with Crippen LogP contribution in [0.1, 0.15) is 28.5 Å². The van der Waals surface area contributed by atoms with E-state index in [0.29, 0.717) is 23.5 Å². The highest BCUT2D eigenvalue weighted by atomic mass is 32.2. The molecule has 3 rings (SSSR count). The first-order chi connectivity index (χ1) is 9.50. The van der Waals surface area contributed by atoms with Crippen LogP contribution in [-0.2, 0) is 14.6 Å². The van der Waals surface area contributed by atoms with Crippen molar-refractivity contribution < 1.29 is 17.9 Å². The third-order valence-corrected chi connectivity index (χ3v) is 5.22. The second kappa shape index (κ2) is 4.55. The average molecular weight is 295 g/mol. The molecule has 0 amide bonds. The molecule has 0 saturated carbocycles. The van der Waals surface area contributed by atoms with E-state index in [1.807, 2.05) is 0 Å². The summed E-state index contributed by atoms with van der Waals surface area (Å²) < 4.78 is 29.5. The highest BCUT2D eigenvalue weighted by Crippen LogP contribution is 2.28. The van der Waals surface area contributed by atoms with Gasteiger partial charge < -0.3 is 4.74 Å². The van der Waals surface area contributed by atoms with Crippen molar-refractivity contribution in [2.75, 3.05) is 18.6 Å². The zero-order chi connectivity index (χ0) is 14.3. The molecule has 106 valence electrons. The quantitative estimate of drug-likeness (QED) is 0.746. The maximum Gasteiger partial charge on any atom is 0.339 e. The standard InChI is InChI=1S/C12H13N3O4S/c1-19-12(16)8-2-3-10-13-14-11(15(10)6-8)9-4-5-20(17,18)7-9/h2-3,6,9H,4-5,7H2,1H3. The summed E-state index contributed by atoms with van der Waals surface area (Å²) in [6, 6.07) is 3.26. The molecular formula is C12H13N3O4S. The van der Waals surface area contributed by atoms with E-state index in [1.165, 1.54) is 7.11 Å². The summed E-state index contributed by atoms with van der Waals surface area (Å²) in [5, 5.41) is 8.07. The summed E-state index contributed by atoms with van der Waals surface area (Å²) in [4.78, 5) is 11.5. The summed E-state index contributed by atoms with van der Waals surface area (Å²) in [5.41, 5.74) is 0.957. The molecule has 0 bridgehead atoms. The smallest absolute Gasteiger partial charge is 0.339 e. The maximum atomic E-state index is 11.6. The van der Waals surface area contributed by atoms with E-state index in [1.54, 1.807) is 22.7 Å². The average Bonchev–Trinajstić information content (AvgIpc) is 2.99. The first-order valence-electron chi connectivity index (χ1n) is 6.13. The van der Waals surface area contributed by atoms with Gasteiger partial charge in [0.05, 0.1) is 24.2 Å². The van der Waals surface area contributed by atoms with Gasteiger partial charge in [-0.05, 0) is 18.6 Å². The summed E-state index contributed by atoms with van der Waals surface area (Å²) in [7, 11) is -1.69. The van der Waals surface area contributed by atoms with Gasteiger partial charge in [0.1, 0.15) is 5.82 Å². The molecule has 0 aromatic carbocycles. The Morgan fingerprint density at radius 2 is 2.20 bits per heavy atom. The van der Waals surface area contributed by atoms with E-state index < -0.39 is 15.8 Å². The fraction of sp³-hybridized carbons (Fsp3) is 0.417. The van der Waals surface area contributed by atoms with Crippen LogP contribution in [0.5, 0.6) is 0 Å². The van der Waals surface area contributed by atoms with E-state index in [-0.39, 0.29) is 17.4 Å². The summed E-state index contributed by atoms with van der Waals surface area (Å²) in [6.07, 6.45) is 2.12. The normalized spacial score (nSPS) is 21.1. The number of hydrogen-bond acceptors (Lipinski definition) is 6. The lowest BCUT2D eigenvalue weighted by molar-refractivity contribution is 0.0600. The lowest BCUT2D eigenvalue weighted by Gasteiger charge is -2.06. The second-order valence-corrected chi connectivity index (χ2v) is 7.02. The number of methoxy groups -OCH3 is 1. The fourth-order valence-electron chi connectivity index (χ4n) is 2.42. The molecule has 1 saturated heterocycles. The Hall–Kier alpha value is -1.96. The molecule has 1 fully saturated rings. The van der Waals surface area contributed by atoms with E-state index in [0.717, 1.165) is 0 Å². The highest BCUT2D eigenvalue weighted by molar-refractivity contribution is 7.91. The molecule has 0 spiro atoms. The lowest BCUT2D eigenvalue weighted by atomic mass is 10.1. The van der Waals surface area contributed by atoms with Crippen LogP contribution in [-0.4, -0.2) is 47.6 Å². The van der Waals surface area contributed by atoms with Crippen molar-refractivity contribution in [3.63, 3.8) is 0 Å². The number of nitrogens with zero attached hydrogens (tertiary/aromatic N) is 3. The molecule has 0 aliphatic carbocycles. The van der Waals surface area contributed by atoms with Gasteiger partial charge in [0.2, 0.25) is 0 Å². The minimum Gasteiger partial charge on any atom is -0.465 e. The molecule has 0 radical (unpaired) electrons. The topological polar surface area (TPSA) is 90.6 Å². The number of ether oxygens (including phenoxy) is 1. The van der Waals surface area contributed by atoms with Crippen molar-refractivity contribution in [2.24, 2.45) is 0 Å². The third-order valence-electron chi connectivity index (χ3n) is 3.45. The molecule has 1 aliphatic rings.